The molecule has 0 spiro atoms. The van der Waals surface area contributed by atoms with Gasteiger partial charge in [-0.05, 0) is 35.0 Å². The average Bonchev–Trinajstić information content (AvgIpc) is 2.66. The molecule has 1 heterocycles. The van der Waals surface area contributed by atoms with Gasteiger partial charge in [0.25, 0.3) is 0 Å². The largest absolute Gasteiger partial charge is 0.392 e. The molecule has 0 saturated heterocycles. The van der Waals surface area contributed by atoms with Gasteiger partial charge in [-0.2, -0.15) is 0 Å². The van der Waals surface area contributed by atoms with Crippen LogP contribution in [0.5, 0.6) is 0 Å². The van der Waals surface area contributed by atoms with E-state index in [0.717, 1.165) is 22.3 Å². The molecule has 2 nitrogen and oxygen atoms in total. The lowest BCUT2D eigenvalue weighted by Gasteiger charge is -2.09. The number of benzene rings is 1. The summed E-state index contributed by atoms with van der Waals surface area (Å²) in [4.78, 5) is 2.57. The van der Waals surface area contributed by atoms with Gasteiger partial charge in [0.1, 0.15) is 0 Å². The third-order valence-corrected chi connectivity index (χ3v) is 4.69. The summed E-state index contributed by atoms with van der Waals surface area (Å²) < 4.78 is 1.16. The van der Waals surface area contributed by atoms with Gasteiger partial charge in [-0.25, -0.2) is 0 Å². The zero-order valence-corrected chi connectivity index (χ0v) is 11.9. The van der Waals surface area contributed by atoms with Crippen molar-refractivity contribution in [3.63, 3.8) is 0 Å². The maximum Gasteiger partial charge on any atom is 0.0701 e. The zero-order valence-electron chi connectivity index (χ0n) is 9.53. The fraction of sp³-hybridized carbons (Fsp3) is 0.231. The van der Waals surface area contributed by atoms with E-state index < -0.39 is 0 Å². The molecule has 0 aliphatic rings. The van der Waals surface area contributed by atoms with Crippen LogP contribution < -0.4 is 5.32 Å². The summed E-state index contributed by atoms with van der Waals surface area (Å²) in [5.74, 6) is 0. The highest BCUT2D eigenvalue weighted by Gasteiger charge is 2.04. The number of nitrogens with one attached hydrogen (secondary N) is 1. The van der Waals surface area contributed by atoms with Gasteiger partial charge in [-0.3, -0.25) is 0 Å². The van der Waals surface area contributed by atoms with E-state index >= 15 is 0 Å². The van der Waals surface area contributed by atoms with Crippen molar-refractivity contribution in [3.05, 3.63) is 50.1 Å². The highest BCUT2D eigenvalue weighted by atomic mass is 79.9. The third kappa shape index (κ3) is 3.09. The summed E-state index contributed by atoms with van der Waals surface area (Å²) in [6, 6.07) is 9.95. The fourth-order valence-corrected chi connectivity index (χ4v) is 3.16. The van der Waals surface area contributed by atoms with E-state index in [4.69, 9.17) is 0 Å². The molecule has 1 aromatic carbocycles. The molecule has 4 heteroatoms. The number of aliphatic hydroxyl groups is 1. The van der Waals surface area contributed by atoms with Gasteiger partial charge in [0.2, 0.25) is 0 Å². The summed E-state index contributed by atoms with van der Waals surface area (Å²) in [5.41, 5.74) is 1.93. The number of anilines is 1. The molecule has 2 rings (SSSR count). The van der Waals surface area contributed by atoms with Crippen molar-refractivity contribution in [3.8, 4) is 0 Å². The van der Waals surface area contributed by atoms with Crippen LogP contribution in [-0.4, -0.2) is 5.11 Å². The van der Waals surface area contributed by atoms with Gasteiger partial charge in [-0.15, -0.1) is 11.3 Å². The Bertz CT molecular complexity index is 490. The number of halogens is 1. The van der Waals surface area contributed by atoms with Crippen molar-refractivity contribution < 1.29 is 5.11 Å². The smallest absolute Gasteiger partial charge is 0.0701 e. The molecular weight excluding hydrogens is 298 g/mol. The van der Waals surface area contributed by atoms with Crippen molar-refractivity contribution in [2.24, 2.45) is 0 Å². The molecule has 0 aliphatic heterocycles. The Hall–Kier alpha value is -0.840. The van der Waals surface area contributed by atoms with Crippen molar-refractivity contribution in [2.45, 2.75) is 20.1 Å². The number of rotatable bonds is 4. The summed E-state index contributed by atoms with van der Waals surface area (Å²) >= 11 is 5.29. The topological polar surface area (TPSA) is 32.3 Å². The Morgan fingerprint density at radius 2 is 2.12 bits per heavy atom. The number of hydrogen-bond donors (Lipinski definition) is 2. The molecule has 1 aromatic heterocycles. The minimum atomic E-state index is 0.0658. The predicted molar refractivity (Wildman–Crippen MR) is 76.4 cm³/mol. The molecule has 90 valence electrons. The lowest BCUT2D eigenvalue weighted by atomic mass is 10.2. The molecule has 2 N–H and O–H groups in total. The van der Waals surface area contributed by atoms with Crippen LogP contribution in [0.15, 0.2) is 34.8 Å². The molecule has 0 radical (unpaired) electrons. The van der Waals surface area contributed by atoms with Crippen LogP contribution in [0.3, 0.4) is 0 Å². The summed E-state index contributed by atoms with van der Waals surface area (Å²) in [7, 11) is 0. The normalized spacial score (nSPS) is 10.5. The molecule has 0 bridgehead atoms. The van der Waals surface area contributed by atoms with E-state index in [1.54, 1.807) is 11.3 Å². The van der Waals surface area contributed by atoms with E-state index in [1.165, 1.54) is 9.75 Å². The summed E-state index contributed by atoms with van der Waals surface area (Å²) in [6.45, 7) is 2.95. The van der Waals surface area contributed by atoms with Crippen molar-refractivity contribution in [1.82, 2.24) is 0 Å². The number of aryl methyl sites for hydroxylation is 1. The monoisotopic (exact) mass is 311 g/mol. The first-order valence-electron chi connectivity index (χ1n) is 5.38. The van der Waals surface area contributed by atoms with Gasteiger partial charge in [0.15, 0.2) is 0 Å². The maximum atomic E-state index is 9.22. The summed E-state index contributed by atoms with van der Waals surface area (Å²) in [6.07, 6.45) is 0. The highest BCUT2D eigenvalue weighted by molar-refractivity contribution is 9.10. The van der Waals surface area contributed by atoms with E-state index in [1.807, 2.05) is 24.3 Å². The maximum absolute atomic E-state index is 9.22. The Morgan fingerprint density at radius 3 is 2.76 bits per heavy atom. The molecule has 2 aromatic rings. The molecule has 17 heavy (non-hydrogen) atoms. The van der Waals surface area contributed by atoms with Gasteiger partial charge >= 0.3 is 0 Å². The van der Waals surface area contributed by atoms with Crippen LogP contribution in [0.4, 0.5) is 5.69 Å². The highest BCUT2D eigenvalue weighted by Crippen LogP contribution is 2.27. The second-order valence-electron chi connectivity index (χ2n) is 3.79. The Labute approximate surface area is 113 Å². The Morgan fingerprint density at radius 1 is 1.35 bits per heavy atom. The van der Waals surface area contributed by atoms with Crippen LogP contribution >= 0.6 is 27.3 Å². The minimum Gasteiger partial charge on any atom is -0.392 e. The SMILES string of the molecule is Cc1sc(CNc2ccccc2CO)cc1Br. The van der Waals surface area contributed by atoms with Crippen LogP contribution in [0.2, 0.25) is 0 Å². The van der Waals surface area contributed by atoms with Crippen molar-refractivity contribution >= 4 is 33.0 Å². The molecule has 0 unspecified atom stereocenters. The minimum absolute atomic E-state index is 0.0658. The number of aliphatic hydroxyl groups excluding tert-OH is 1. The van der Waals surface area contributed by atoms with Gasteiger partial charge in [-0.1, -0.05) is 18.2 Å². The molecule has 0 saturated carbocycles. The van der Waals surface area contributed by atoms with Crippen LogP contribution in [0, 0.1) is 6.92 Å². The van der Waals surface area contributed by atoms with Crippen LogP contribution in [0.25, 0.3) is 0 Å². The molecule has 0 atom stereocenters. The predicted octanol–water partition coefficient (Wildman–Crippen LogP) is 3.92. The Kier molecular flexibility index (Phi) is 4.20. The standard InChI is InChI=1S/C13H14BrNOS/c1-9-12(14)6-11(17-9)7-15-13-5-3-2-4-10(13)8-16/h2-6,15-16H,7-8H2,1H3. The number of thiophene rings is 1. The van der Waals surface area contributed by atoms with Crippen molar-refractivity contribution in [1.29, 1.82) is 0 Å². The van der Waals surface area contributed by atoms with Crippen molar-refractivity contribution in [2.75, 3.05) is 5.32 Å². The quantitative estimate of drug-likeness (QED) is 0.897. The number of para-hydroxylation sites is 1. The number of hydrogen-bond acceptors (Lipinski definition) is 3. The molecule has 0 amide bonds. The van der Waals surface area contributed by atoms with Gasteiger partial charge in [0, 0.05) is 32.0 Å². The van der Waals surface area contributed by atoms with Gasteiger partial charge in [0.05, 0.1) is 6.61 Å². The van der Waals surface area contributed by atoms with E-state index in [0.29, 0.717) is 0 Å². The third-order valence-electron chi connectivity index (χ3n) is 2.55. The molecule has 0 aliphatic carbocycles. The van der Waals surface area contributed by atoms with Crippen LogP contribution in [0.1, 0.15) is 15.3 Å². The van der Waals surface area contributed by atoms with Gasteiger partial charge < -0.3 is 10.4 Å². The van der Waals surface area contributed by atoms with E-state index in [2.05, 4.69) is 34.2 Å². The first kappa shape index (κ1) is 12.6. The second-order valence-corrected chi connectivity index (χ2v) is 5.98. The second kappa shape index (κ2) is 5.67. The van der Waals surface area contributed by atoms with Crippen LogP contribution in [-0.2, 0) is 13.2 Å². The van der Waals surface area contributed by atoms with E-state index in [9.17, 15) is 5.11 Å². The average molecular weight is 312 g/mol. The lowest BCUT2D eigenvalue weighted by molar-refractivity contribution is 0.282. The lowest BCUT2D eigenvalue weighted by Crippen LogP contribution is -2.00. The molecule has 0 fully saturated rings. The van der Waals surface area contributed by atoms with E-state index in [-0.39, 0.29) is 6.61 Å². The molecular formula is C13H14BrNOS. The fourth-order valence-electron chi connectivity index (χ4n) is 1.62. The summed E-state index contributed by atoms with van der Waals surface area (Å²) in [5, 5.41) is 12.6. The first-order chi connectivity index (χ1) is 8.20. The zero-order chi connectivity index (χ0) is 12.3. The first-order valence-corrected chi connectivity index (χ1v) is 6.99. The Balaban J connectivity index is 2.07.